The molecule has 0 amide bonds. The molecule has 0 bridgehead atoms. The van der Waals surface area contributed by atoms with Gasteiger partial charge < -0.3 is 9.30 Å². The third kappa shape index (κ3) is 4.59. The van der Waals surface area contributed by atoms with Crippen LogP contribution >= 0.6 is 0 Å². The van der Waals surface area contributed by atoms with Gasteiger partial charge in [-0.1, -0.05) is 50.6 Å². The van der Waals surface area contributed by atoms with Gasteiger partial charge in [-0.15, -0.1) is 0 Å². The van der Waals surface area contributed by atoms with Gasteiger partial charge in [-0.05, 0) is 55.0 Å². The van der Waals surface area contributed by atoms with E-state index in [0.29, 0.717) is 0 Å². The van der Waals surface area contributed by atoms with E-state index in [2.05, 4.69) is 82.7 Å². The second-order valence-corrected chi connectivity index (χ2v) is 8.20. The maximum atomic E-state index is 5.20. The van der Waals surface area contributed by atoms with E-state index in [1.54, 1.807) is 0 Å². The molecule has 3 aromatic rings. The minimum Gasteiger partial charge on any atom is -0.665 e. The van der Waals surface area contributed by atoms with Gasteiger partial charge in [0.15, 0.2) is 0 Å². The second-order valence-electron chi connectivity index (χ2n) is 8.20. The summed E-state index contributed by atoms with van der Waals surface area (Å²) in [5.74, 6) is 0.811. The molecule has 135 valence electrons. The van der Waals surface area contributed by atoms with Crippen molar-refractivity contribution in [3.05, 3.63) is 72.0 Å². The fraction of sp³-hybridized carbons (Fsp3) is 0.348. The maximum Gasteiger partial charge on any atom is 0.0850 e. The molecule has 0 spiro atoms. The van der Waals surface area contributed by atoms with E-state index < -0.39 is 0 Å². The molecule has 2 nitrogen and oxygen atoms in total. The van der Waals surface area contributed by atoms with Crippen LogP contribution in [0.4, 0.5) is 0 Å². The maximum absolute atomic E-state index is 5.20. The van der Waals surface area contributed by atoms with E-state index in [9.17, 15) is 0 Å². The third-order valence-electron chi connectivity index (χ3n) is 4.75. The first kappa shape index (κ1) is 21.2. The number of aromatic nitrogens is 1. The topological polar surface area (TPSA) is 14.2 Å². The monoisotopic (exact) mass is 423 g/mol. The Morgan fingerprint density at radius 3 is 2.23 bits per heavy atom. The zero-order chi connectivity index (χ0) is 18.2. The van der Waals surface area contributed by atoms with Crippen LogP contribution in [0.3, 0.4) is 0 Å². The smallest absolute Gasteiger partial charge is 0.0850 e. The van der Waals surface area contributed by atoms with Crippen molar-refractivity contribution >= 4 is 10.9 Å². The van der Waals surface area contributed by atoms with Gasteiger partial charge >= 0.3 is 0 Å². The molecule has 3 heteroatoms. The fourth-order valence-electron chi connectivity index (χ4n) is 3.43. The minimum atomic E-state index is 0. The van der Waals surface area contributed by atoms with Crippen LogP contribution in [0.1, 0.15) is 43.2 Å². The summed E-state index contributed by atoms with van der Waals surface area (Å²) in [7, 11) is 3.55. The number of rotatable bonds is 4. The van der Waals surface area contributed by atoms with Gasteiger partial charge in [0, 0.05) is 55.9 Å². The van der Waals surface area contributed by atoms with Crippen molar-refractivity contribution in [3.8, 4) is 5.75 Å². The summed E-state index contributed by atoms with van der Waals surface area (Å²) < 4.78 is 7.67. The molecule has 2 aromatic carbocycles. The van der Waals surface area contributed by atoms with Gasteiger partial charge in [0.2, 0.25) is 0 Å². The van der Waals surface area contributed by atoms with Crippen molar-refractivity contribution in [2.24, 2.45) is 5.41 Å². The average molecular weight is 423 g/mol. The van der Waals surface area contributed by atoms with Gasteiger partial charge in [0.05, 0.1) is 5.75 Å². The van der Waals surface area contributed by atoms with E-state index in [1.165, 1.54) is 33.3 Å². The molecule has 0 saturated heterocycles. The predicted molar refractivity (Wildman–Crippen MR) is 106 cm³/mol. The normalized spacial score (nSPS) is 11.5. The number of benzene rings is 2. The number of fused-ring (bicyclic) bond motifs is 1. The summed E-state index contributed by atoms with van der Waals surface area (Å²) >= 11 is 0. The molecule has 26 heavy (non-hydrogen) atoms. The van der Waals surface area contributed by atoms with Crippen molar-refractivity contribution in [1.29, 1.82) is 0 Å². The van der Waals surface area contributed by atoms with Crippen LogP contribution in [0.15, 0.2) is 42.5 Å². The Kier molecular flexibility index (Phi) is 6.74. The molecule has 0 aliphatic heterocycles. The Bertz CT molecular complexity index is 885. The molecule has 0 fully saturated rings. The number of hydrogen-bond acceptors (Lipinski definition) is 1. The van der Waals surface area contributed by atoms with Gasteiger partial charge in [0.1, 0.15) is 0 Å². The number of nitrogens with zero attached hydrogens (tertiary/aromatic N) is 1. The van der Waals surface area contributed by atoms with Crippen LogP contribution in [0.2, 0.25) is 0 Å². The molecule has 0 aliphatic rings. The minimum absolute atomic E-state index is 0. The molecule has 0 N–H and O–H groups in total. The molecular weight excluding hydrogens is 395 g/mol. The average Bonchev–Trinajstić information content (AvgIpc) is 2.80. The van der Waals surface area contributed by atoms with Crippen LogP contribution in [0.25, 0.3) is 10.9 Å². The molecule has 1 heterocycles. The molecule has 0 unspecified atom stereocenters. The standard InChI is InChI=1S/C23H28NO.Y/c1-16-7-9-18(10-8-16)15-24-21-12-11-19(25-6)13-20(21)17(2)22(24)14-23(3,4)5;/h7-13H,6,14-15H2,1-5H3;/q-1;. The Balaban J connectivity index is 0.00000243. The Morgan fingerprint density at radius 2 is 1.65 bits per heavy atom. The third-order valence-corrected chi connectivity index (χ3v) is 4.75. The van der Waals surface area contributed by atoms with Crippen molar-refractivity contribution in [3.63, 3.8) is 0 Å². The van der Waals surface area contributed by atoms with Gasteiger partial charge in [-0.2, -0.15) is 7.11 Å². The summed E-state index contributed by atoms with van der Waals surface area (Å²) in [5.41, 5.74) is 6.87. The van der Waals surface area contributed by atoms with Crippen LogP contribution in [0, 0.1) is 26.4 Å². The van der Waals surface area contributed by atoms with Crippen LogP contribution in [-0.2, 0) is 45.7 Å². The van der Waals surface area contributed by atoms with Crippen molar-refractivity contribution in [1.82, 2.24) is 4.57 Å². The van der Waals surface area contributed by atoms with Gasteiger partial charge in [-0.3, -0.25) is 0 Å². The molecular formula is C23H28NOY-. The summed E-state index contributed by atoms with van der Waals surface area (Å²) in [5, 5.41) is 1.26. The molecule has 0 aliphatic carbocycles. The molecule has 3 rings (SSSR count). The first-order chi connectivity index (χ1) is 11.8. The zero-order valence-corrected chi connectivity index (χ0v) is 19.4. The predicted octanol–water partition coefficient (Wildman–Crippen LogP) is 6.06. The molecule has 0 saturated carbocycles. The quantitative estimate of drug-likeness (QED) is 0.465. The van der Waals surface area contributed by atoms with Gasteiger partial charge in [-0.25, -0.2) is 0 Å². The van der Waals surface area contributed by atoms with Crippen molar-refractivity contribution in [2.45, 2.75) is 47.6 Å². The first-order valence-corrected chi connectivity index (χ1v) is 8.88. The number of aryl methyl sites for hydroxylation is 2. The fourth-order valence-corrected chi connectivity index (χ4v) is 3.43. The summed E-state index contributed by atoms with van der Waals surface area (Å²) in [6, 6.07) is 15.1. The Morgan fingerprint density at radius 1 is 1.00 bits per heavy atom. The largest absolute Gasteiger partial charge is 0.665 e. The molecule has 1 radical (unpaired) electrons. The SMILES string of the molecule is [CH2-]Oc1ccc2c(c1)c(C)c(CC(C)(C)C)n2Cc1ccc(C)cc1.[Y]. The Labute approximate surface area is 182 Å². The second kappa shape index (κ2) is 8.27. The van der Waals surface area contributed by atoms with E-state index in [0.717, 1.165) is 18.7 Å². The number of ether oxygens (including phenoxy) is 1. The van der Waals surface area contributed by atoms with Crippen molar-refractivity contribution in [2.75, 3.05) is 0 Å². The van der Waals surface area contributed by atoms with Crippen LogP contribution in [0.5, 0.6) is 5.75 Å². The summed E-state index contributed by atoms with van der Waals surface area (Å²) in [6.07, 6.45) is 1.04. The van der Waals surface area contributed by atoms with E-state index in [1.807, 2.05) is 6.07 Å². The number of hydrogen-bond donors (Lipinski definition) is 0. The Hall–Kier alpha value is -1.12. The zero-order valence-electron chi connectivity index (χ0n) is 16.6. The van der Waals surface area contributed by atoms with Crippen LogP contribution < -0.4 is 4.74 Å². The molecule has 1 aromatic heterocycles. The van der Waals surface area contributed by atoms with E-state index in [4.69, 9.17) is 4.74 Å². The summed E-state index contributed by atoms with van der Waals surface area (Å²) in [4.78, 5) is 0. The van der Waals surface area contributed by atoms with Gasteiger partial charge in [0.25, 0.3) is 0 Å². The molecule has 0 atom stereocenters. The first-order valence-electron chi connectivity index (χ1n) is 8.88. The van der Waals surface area contributed by atoms with Crippen molar-refractivity contribution < 1.29 is 37.4 Å². The van der Waals surface area contributed by atoms with E-state index in [-0.39, 0.29) is 38.1 Å². The summed E-state index contributed by atoms with van der Waals surface area (Å²) in [6.45, 7) is 12.1. The van der Waals surface area contributed by atoms with Crippen LogP contribution in [-0.4, -0.2) is 4.57 Å². The van der Waals surface area contributed by atoms with E-state index >= 15 is 0 Å².